The molecular formula is C27H31FO4. The van der Waals surface area contributed by atoms with Crippen LogP contribution in [0.4, 0.5) is 4.39 Å². The molecule has 0 amide bonds. The molecule has 4 nitrogen and oxygen atoms in total. The van der Waals surface area contributed by atoms with Gasteiger partial charge in [-0.3, -0.25) is 4.79 Å². The fourth-order valence-electron chi connectivity index (χ4n) is 5.07. The van der Waals surface area contributed by atoms with E-state index in [1.54, 1.807) is 12.1 Å². The molecule has 2 aromatic carbocycles. The second kappa shape index (κ2) is 8.36. The highest BCUT2D eigenvalue weighted by Crippen LogP contribution is 2.47. The molecule has 4 rings (SSSR count). The number of carbonyl (C=O) groups excluding carboxylic acids is 1. The van der Waals surface area contributed by atoms with E-state index in [0.717, 1.165) is 41.5 Å². The van der Waals surface area contributed by atoms with Gasteiger partial charge in [0.1, 0.15) is 17.0 Å². The Morgan fingerprint density at radius 3 is 2.38 bits per heavy atom. The van der Waals surface area contributed by atoms with E-state index in [-0.39, 0.29) is 17.3 Å². The van der Waals surface area contributed by atoms with E-state index >= 15 is 0 Å². The highest BCUT2D eigenvalue weighted by atomic mass is 19.1. The molecule has 1 fully saturated rings. The Morgan fingerprint density at radius 2 is 1.72 bits per heavy atom. The van der Waals surface area contributed by atoms with Crippen molar-refractivity contribution in [1.29, 1.82) is 0 Å². The van der Waals surface area contributed by atoms with Gasteiger partial charge in [-0.15, -0.1) is 0 Å². The molecule has 0 bridgehead atoms. The van der Waals surface area contributed by atoms with Gasteiger partial charge in [0.25, 0.3) is 0 Å². The number of halogens is 1. The van der Waals surface area contributed by atoms with Crippen molar-refractivity contribution in [2.24, 2.45) is 0 Å². The third kappa shape index (κ3) is 3.73. The number of benzene rings is 2. The number of methoxy groups -OCH3 is 1. The lowest BCUT2D eigenvalue weighted by Crippen LogP contribution is -2.54. The molecule has 0 radical (unpaired) electrons. The molecule has 0 atom stereocenters. The van der Waals surface area contributed by atoms with Crippen LogP contribution in [0.5, 0.6) is 5.75 Å². The Hall–Kier alpha value is -2.66. The van der Waals surface area contributed by atoms with Crippen molar-refractivity contribution in [3.63, 3.8) is 0 Å². The summed E-state index contributed by atoms with van der Waals surface area (Å²) in [6.07, 6.45) is 5.03. The van der Waals surface area contributed by atoms with Crippen LogP contribution >= 0.6 is 0 Å². The molecule has 0 unspecified atom stereocenters. The number of carbonyl (C=O) groups is 1. The first kappa shape index (κ1) is 22.5. The van der Waals surface area contributed by atoms with Gasteiger partial charge in [0.05, 0.1) is 12.7 Å². The zero-order chi connectivity index (χ0) is 23.1. The highest BCUT2D eigenvalue weighted by Gasteiger charge is 2.52. The van der Waals surface area contributed by atoms with E-state index in [4.69, 9.17) is 9.47 Å². The second-order valence-corrected chi connectivity index (χ2v) is 9.29. The average molecular weight is 439 g/mol. The van der Waals surface area contributed by atoms with E-state index in [1.807, 2.05) is 39.0 Å². The number of Topliss-reactive ketones (excluding diaryl/α,β-unsaturated/α-hetero) is 1. The SMILES string of the molecule is CCc1cc(-c2ccc(F)c(OC)c2)ccc1C1=C(O)C(C)(C)OC2(CCCCC2)C1=O. The molecule has 1 saturated carbocycles. The monoisotopic (exact) mass is 438 g/mol. The van der Waals surface area contributed by atoms with Crippen molar-refractivity contribution in [2.45, 2.75) is 70.5 Å². The number of rotatable bonds is 4. The van der Waals surface area contributed by atoms with Gasteiger partial charge in [-0.1, -0.05) is 50.5 Å². The van der Waals surface area contributed by atoms with Gasteiger partial charge in [0.2, 0.25) is 0 Å². The van der Waals surface area contributed by atoms with E-state index in [2.05, 4.69) is 0 Å². The number of hydrogen-bond donors (Lipinski definition) is 1. The van der Waals surface area contributed by atoms with Crippen LogP contribution in [0, 0.1) is 5.82 Å². The summed E-state index contributed by atoms with van der Waals surface area (Å²) >= 11 is 0. The highest BCUT2D eigenvalue weighted by molar-refractivity contribution is 6.26. The first-order valence-electron chi connectivity index (χ1n) is 11.4. The van der Waals surface area contributed by atoms with Crippen LogP contribution < -0.4 is 4.74 Å². The minimum absolute atomic E-state index is 0.00963. The van der Waals surface area contributed by atoms with Gasteiger partial charge in [-0.2, -0.15) is 0 Å². The summed E-state index contributed by atoms with van der Waals surface area (Å²) in [5.74, 6) is -0.346. The van der Waals surface area contributed by atoms with Crippen molar-refractivity contribution in [2.75, 3.05) is 7.11 Å². The topological polar surface area (TPSA) is 55.8 Å². The van der Waals surface area contributed by atoms with Crippen LogP contribution in [0.2, 0.25) is 0 Å². The van der Waals surface area contributed by atoms with Gasteiger partial charge in [0, 0.05) is 0 Å². The lowest BCUT2D eigenvalue weighted by molar-refractivity contribution is -0.174. The molecule has 1 aliphatic heterocycles. The second-order valence-electron chi connectivity index (χ2n) is 9.29. The van der Waals surface area contributed by atoms with Crippen molar-refractivity contribution in [1.82, 2.24) is 0 Å². The quantitative estimate of drug-likeness (QED) is 0.599. The molecule has 2 aromatic rings. The zero-order valence-corrected chi connectivity index (χ0v) is 19.3. The Balaban J connectivity index is 1.82. The summed E-state index contributed by atoms with van der Waals surface area (Å²) in [6, 6.07) is 10.6. The fourth-order valence-corrected chi connectivity index (χ4v) is 5.07. The summed E-state index contributed by atoms with van der Waals surface area (Å²) in [5, 5.41) is 11.1. The molecule has 1 aliphatic carbocycles. The Morgan fingerprint density at radius 1 is 1.06 bits per heavy atom. The Kier molecular flexibility index (Phi) is 5.89. The smallest absolute Gasteiger partial charge is 0.198 e. The van der Waals surface area contributed by atoms with Crippen LogP contribution in [-0.2, 0) is 16.0 Å². The number of ketones is 1. The predicted octanol–water partition coefficient (Wildman–Crippen LogP) is 6.41. The van der Waals surface area contributed by atoms with Crippen LogP contribution in [0.25, 0.3) is 16.7 Å². The summed E-state index contributed by atoms with van der Waals surface area (Å²) in [7, 11) is 1.44. The molecular weight excluding hydrogens is 407 g/mol. The summed E-state index contributed by atoms with van der Waals surface area (Å²) in [6.45, 7) is 5.68. The molecule has 1 spiro atoms. The third-order valence-electron chi connectivity index (χ3n) is 6.80. The standard InChI is InChI=1S/C27H31FO4/c1-5-17-15-18(19-10-12-21(28)22(16-19)31-4)9-11-20(17)23-24(29)26(2,3)32-27(25(23)30)13-7-6-8-14-27/h9-12,15-16,29H,5-8,13-14H2,1-4H3. The first-order chi connectivity index (χ1) is 15.2. The number of aryl methyl sites for hydroxylation is 1. The van der Waals surface area contributed by atoms with Crippen molar-refractivity contribution < 1.29 is 23.8 Å². The number of aliphatic hydroxyl groups excluding tert-OH is 1. The molecule has 5 heteroatoms. The van der Waals surface area contributed by atoms with Crippen LogP contribution in [0.3, 0.4) is 0 Å². The lowest BCUT2D eigenvalue weighted by Gasteiger charge is -2.46. The predicted molar refractivity (Wildman–Crippen MR) is 123 cm³/mol. The largest absolute Gasteiger partial charge is 0.508 e. The normalized spacial score (nSPS) is 20.0. The fraction of sp³-hybridized carbons (Fsp3) is 0.444. The number of aliphatic hydroxyl groups is 1. The molecule has 32 heavy (non-hydrogen) atoms. The van der Waals surface area contributed by atoms with Crippen LogP contribution in [0.15, 0.2) is 42.2 Å². The number of hydrogen-bond acceptors (Lipinski definition) is 4. The molecule has 170 valence electrons. The molecule has 1 heterocycles. The van der Waals surface area contributed by atoms with Gasteiger partial charge >= 0.3 is 0 Å². The minimum Gasteiger partial charge on any atom is -0.508 e. The molecule has 2 aliphatic rings. The van der Waals surface area contributed by atoms with Crippen molar-refractivity contribution in [3.8, 4) is 16.9 Å². The maximum atomic E-state index is 13.9. The Labute approximate surface area is 189 Å². The van der Waals surface area contributed by atoms with Gasteiger partial charge in [-0.25, -0.2) is 4.39 Å². The zero-order valence-electron chi connectivity index (χ0n) is 19.3. The maximum Gasteiger partial charge on any atom is 0.198 e. The summed E-state index contributed by atoms with van der Waals surface area (Å²) in [4.78, 5) is 13.7. The molecule has 0 saturated heterocycles. The summed E-state index contributed by atoms with van der Waals surface area (Å²) in [5.41, 5.74) is 1.99. The van der Waals surface area contributed by atoms with Gasteiger partial charge < -0.3 is 14.6 Å². The number of ether oxygens (including phenoxy) is 2. The van der Waals surface area contributed by atoms with Gasteiger partial charge in [0.15, 0.2) is 17.3 Å². The van der Waals surface area contributed by atoms with E-state index in [9.17, 15) is 14.3 Å². The van der Waals surface area contributed by atoms with E-state index < -0.39 is 17.0 Å². The maximum absolute atomic E-state index is 13.9. The van der Waals surface area contributed by atoms with Crippen LogP contribution in [0.1, 0.15) is 64.0 Å². The minimum atomic E-state index is -0.936. The summed E-state index contributed by atoms with van der Waals surface area (Å²) < 4.78 is 25.3. The lowest BCUT2D eigenvalue weighted by atomic mass is 9.73. The van der Waals surface area contributed by atoms with Gasteiger partial charge in [-0.05, 0) is 67.5 Å². The van der Waals surface area contributed by atoms with Crippen molar-refractivity contribution in [3.05, 3.63) is 59.1 Å². The van der Waals surface area contributed by atoms with E-state index in [1.165, 1.54) is 13.2 Å². The molecule has 1 N–H and O–H groups in total. The average Bonchev–Trinajstić information content (AvgIpc) is 2.79. The third-order valence-corrected chi connectivity index (χ3v) is 6.80. The van der Waals surface area contributed by atoms with Crippen LogP contribution in [-0.4, -0.2) is 29.2 Å². The first-order valence-corrected chi connectivity index (χ1v) is 11.4. The van der Waals surface area contributed by atoms with E-state index in [0.29, 0.717) is 24.8 Å². The molecule has 0 aromatic heterocycles. The van der Waals surface area contributed by atoms with Crippen molar-refractivity contribution >= 4 is 11.4 Å². The Bertz CT molecular complexity index is 1080.